The molecule has 1 aliphatic rings. The van der Waals surface area contributed by atoms with Crippen molar-refractivity contribution in [1.82, 2.24) is 15.0 Å². The lowest BCUT2D eigenvalue weighted by molar-refractivity contribution is 0.738. The number of nitrogens with zero attached hydrogens (tertiary/aromatic N) is 3. The Kier molecular flexibility index (Phi) is 2.29. The number of aliphatic imine (C=N–C) groups is 1. The van der Waals surface area contributed by atoms with Crippen LogP contribution in [0.3, 0.4) is 0 Å². The Morgan fingerprint density at radius 3 is 3.11 bits per heavy atom. The van der Waals surface area contributed by atoms with Gasteiger partial charge in [-0.15, -0.1) is 11.3 Å². The van der Waals surface area contributed by atoms with Gasteiger partial charge in [-0.25, -0.2) is 9.97 Å². The fourth-order valence-corrected chi connectivity index (χ4v) is 3.38. The van der Waals surface area contributed by atoms with Crippen molar-refractivity contribution in [3.63, 3.8) is 0 Å². The highest BCUT2D eigenvalue weighted by Crippen LogP contribution is 2.29. The van der Waals surface area contributed by atoms with Crippen LogP contribution in [-0.4, -0.2) is 27.2 Å². The molecule has 2 aromatic heterocycles. The number of thiazole rings is 1. The van der Waals surface area contributed by atoms with Crippen LogP contribution in [0.1, 0.15) is 29.2 Å². The topological polar surface area (TPSA) is 53.9 Å². The molecular formula is C14H12N4S. The molecule has 0 spiro atoms. The summed E-state index contributed by atoms with van der Waals surface area (Å²) in [7, 11) is 0. The first-order valence-corrected chi connectivity index (χ1v) is 7.08. The maximum atomic E-state index is 4.67. The molecule has 1 atom stereocenters. The molecular weight excluding hydrogens is 256 g/mol. The van der Waals surface area contributed by atoms with E-state index in [1.54, 1.807) is 17.7 Å². The third-order valence-electron chi connectivity index (χ3n) is 3.41. The second-order valence-corrected chi connectivity index (χ2v) is 5.77. The highest BCUT2D eigenvalue weighted by molar-refractivity contribution is 7.20. The zero-order valence-corrected chi connectivity index (χ0v) is 11.2. The first-order valence-electron chi connectivity index (χ1n) is 6.27. The quantitative estimate of drug-likeness (QED) is 0.737. The predicted molar refractivity (Wildman–Crippen MR) is 77.1 cm³/mol. The molecule has 5 heteroatoms. The molecule has 0 amide bonds. The van der Waals surface area contributed by atoms with Crippen LogP contribution in [0.5, 0.6) is 0 Å². The van der Waals surface area contributed by atoms with Crippen molar-refractivity contribution in [2.45, 2.75) is 12.8 Å². The van der Waals surface area contributed by atoms with Gasteiger partial charge in [0.15, 0.2) is 0 Å². The summed E-state index contributed by atoms with van der Waals surface area (Å²) in [5.41, 5.74) is 4.08. The molecule has 94 valence electrons. The number of rotatable bonds is 1. The minimum atomic E-state index is 0.399. The summed E-state index contributed by atoms with van der Waals surface area (Å²) in [6.45, 7) is 2.95. The van der Waals surface area contributed by atoms with Crippen LogP contribution in [0.15, 0.2) is 35.6 Å². The third kappa shape index (κ3) is 1.62. The van der Waals surface area contributed by atoms with Gasteiger partial charge in [-0.3, -0.25) is 4.99 Å². The number of hydrogen-bond donors (Lipinski definition) is 1. The van der Waals surface area contributed by atoms with Crippen molar-refractivity contribution in [1.29, 1.82) is 0 Å². The van der Waals surface area contributed by atoms with Gasteiger partial charge < -0.3 is 4.98 Å². The summed E-state index contributed by atoms with van der Waals surface area (Å²) < 4.78 is 1.19. The van der Waals surface area contributed by atoms with E-state index in [0.717, 1.165) is 28.5 Å². The van der Waals surface area contributed by atoms with Crippen LogP contribution in [0.2, 0.25) is 0 Å². The second kappa shape index (κ2) is 3.99. The van der Waals surface area contributed by atoms with E-state index in [0.29, 0.717) is 5.92 Å². The van der Waals surface area contributed by atoms with Gasteiger partial charge in [-0.2, -0.15) is 0 Å². The van der Waals surface area contributed by atoms with Gasteiger partial charge in [0.2, 0.25) is 0 Å². The second-order valence-electron chi connectivity index (χ2n) is 4.74. The van der Waals surface area contributed by atoms with E-state index in [1.165, 1.54) is 10.4 Å². The van der Waals surface area contributed by atoms with E-state index in [9.17, 15) is 0 Å². The van der Waals surface area contributed by atoms with E-state index in [-0.39, 0.29) is 0 Å². The van der Waals surface area contributed by atoms with Crippen LogP contribution in [0, 0.1) is 0 Å². The Hall–Kier alpha value is -2.01. The lowest BCUT2D eigenvalue weighted by atomic mass is 10.0. The fraction of sp³-hybridized carbons (Fsp3) is 0.214. The van der Waals surface area contributed by atoms with Crippen molar-refractivity contribution < 1.29 is 0 Å². The first kappa shape index (κ1) is 10.9. The molecule has 3 heterocycles. The minimum absolute atomic E-state index is 0.399. The first-order chi connectivity index (χ1) is 9.33. The summed E-state index contributed by atoms with van der Waals surface area (Å²) in [4.78, 5) is 17.0. The predicted octanol–water partition coefficient (Wildman–Crippen LogP) is 2.97. The van der Waals surface area contributed by atoms with E-state index in [4.69, 9.17) is 0 Å². The number of aromatic nitrogens is 3. The monoisotopic (exact) mass is 268 g/mol. The highest BCUT2D eigenvalue weighted by atomic mass is 32.1. The SMILES string of the molecule is C[C@H]1CN=C(c2nc3ccccc3s2)c2nc[nH]c21. The number of nitrogens with one attached hydrogen (secondary N) is 1. The number of hydrogen-bond acceptors (Lipinski definition) is 4. The molecule has 0 saturated carbocycles. The van der Waals surface area contributed by atoms with Crippen molar-refractivity contribution in [3.05, 3.63) is 47.0 Å². The van der Waals surface area contributed by atoms with Gasteiger partial charge >= 0.3 is 0 Å². The average molecular weight is 268 g/mol. The summed E-state index contributed by atoms with van der Waals surface area (Å²) in [6, 6.07) is 8.17. The van der Waals surface area contributed by atoms with Crippen molar-refractivity contribution in [3.8, 4) is 0 Å². The summed E-state index contributed by atoms with van der Waals surface area (Å²) in [6.07, 6.45) is 1.75. The Morgan fingerprint density at radius 2 is 2.21 bits per heavy atom. The number of benzene rings is 1. The Balaban J connectivity index is 1.89. The maximum absolute atomic E-state index is 4.67. The molecule has 4 rings (SSSR count). The van der Waals surface area contributed by atoms with Gasteiger partial charge in [-0.05, 0) is 12.1 Å². The van der Waals surface area contributed by atoms with Crippen molar-refractivity contribution in [2.75, 3.05) is 6.54 Å². The van der Waals surface area contributed by atoms with Crippen LogP contribution in [-0.2, 0) is 0 Å². The molecule has 1 aliphatic heterocycles. The maximum Gasteiger partial charge on any atom is 0.144 e. The minimum Gasteiger partial charge on any atom is -0.348 e. The average Bonchev–Trinajstić information content (AvgIpc) is 3.05. The van der Waals surface area contributed by atoms with Gasteiger partial charge in [0.1, 0.15) is 16.4 Å². The molecule has 3 aromatic rings. The van der Waals surface area contributed by atoms with E-state index in [1.807, 2.05) is 18.2 Å². The molecule has 0 unspecified atom stereocenters. The van der Waals surface area contributed by atoms with Gasteiger partial charge in [0.05, 0.1) is 16.5 Å². The normalized spacial score (nSPS) is 18.4. The Morgan fingerprint density at radius 1 is 1.32 bits per heavy atom. The Labute approximate surface area is 114 Å². The fourth-order valence-electron chi connectivity index (χ4n) is 2.41. The number of H-pyrrole nitrogens is 1. The number of para-hydroxylation sites is 1. The smallest absolute Gasteiger partial charge is 0.144 e. The van der Waals surface area contributed by atoms with E-state index in [2.05, 4.69) is 32.9 Å². The third-order valence-corrected chi connectivity index (χ3v) is 4.45. The standard InChI is InChI=1S/C14H12N4S/c1-8-6-15-13(12-11(8)16-7-17-12)14-18-9-4-2-3-5-10(9)19-14/h2-5,7-8H,6H2,1H3,(H,16,17)/t8-/m0/s1. The zero-order valence-electron chi connectivity index (χ0n) is 10.4. The molecule has 19 heavy (non-hydrogen) atoms. The Bertz CT molecular complexity index is 750. The van der Waals surface area contributed by atoms with Gasteiger partial charge in [-0.1, -0.05) is 19.1 Å². The summed E-state index contributed by atoms with van der Waals surface area (Å²) >= 11 is 1.68. The molecule has 0 radical (unpaired) electrons. The number of imidazole rings is 1. The lowest BCUT2D eigenvalue weighted by Crippen LogP contribution is -2.16. The van der Waals surface area contributed by atoms with Crippen molar-refractivity contribution in [2.24, 2.45) is 4.99 Å². The molecule has 1 N–H and O–H groups in total. The molecule has 0 fully saturated rings. The zero-order chi connectivity index (χ0) is 12.8. The summed E-state index contributed by atoms with van der Waals surface area (Å²) in [5.74, 6) is 0.399. The molecule has 0 bridgehead atoms. The van der Waals surface area contributed by atoms with Crippen LogP contribution >= 0.6 is 11.3 Å². The molecule has 4 nitrogen and oxygen atoms in total. The molecule has 1 aromatic carbocycles. The van der Waals surface area contributed by atoms with E-state index >= 15 is 0 Å². The van der Waals surface area contributed by atoms with Crippen LogP contribution in [0.25, 0.3) is 10.2 Å². The van der Waals surface area contributed by atoms with Gasteiger partial charge in [0.25, 0.3) is 0 Å². The van der Waals surface area contributed by atoms with Crippen molar-refractivity contribution >= 4 is 27.3 Å². The number of fused-ring (bicyclic) bond motifs is 2. The van der Waals surface area contributed by atoms with Crippen LogP contribution in [0.4, 0.5) is 0 Å². The largest absolute Gasteiger partial charge is 0.348 e. The van der Waals surface area contributed by atoms with E-state index < -0.39 is 0 Å². The molecule has 0 aliphatic carbocycles. The van der Waals surface area contributed by atoms with Crippen LogP contribution < -0.4 is 0 Å². The summed E-state index contributed by atoms with van der Waals surface area (Å²) in [5, 5.41) is 0.960. The number of aromatic amines is 1. The lowest BCUT2D eigenvalue weighted by Gasteiger charge is -2.15. The molecule has 0 saturated heterocycles. The van der Waals surface area contributed by atoms with Gasteiger partial charge in [0, 0.05) is 18.2 Å². The highest BCUT2D eigenvalue weighted by Gasteiger charge is 2.25.